The molecule has 0 spiro atoms. The van der Waals surface area contributed by atoms with Gasteiger partial charge in [0.1, 0.15) is 11.8 Å². The molecule has 5 N–H and O–H groups in total. The number of hydrogen-bond donors (Lipinski definition) is 3. The first-order valence-electron chi connectivity index (χ1n) is 6.11. The lowest BCUT2D eigenvalue weighted by atomic mass is 10.1. The van der Waals surface area contributed by atoms with Crippen molar-refractivity contribution in [2.24, 2.45) is 21.5 Å². The fourth-order valence-electron chi connectivity index (χ4n) is 1.43. The van der Waals surface area contributed by atoms with Crippen LogP contribution in [0.3, 0.4) is 0 Å². The van der Waals surface area contributed by atoms with Crippen LogP contribution in [0.2, 0.25) is 0 Å². The summed E-state index contributed by atoms with van der Waals surface area (Å²) >= 11 is 0. The molecule has 1 rings (SSSR count). The number of guanidine groups is 1. The zero-order valence-electron chi connectivity index (χ0n) is 11.0. The van der Waals surface area contributed by atoms with Crippen molar-refractivity contribution in [1.29, 1.82) is 0 Å². The van der Waals surface area contributed by atoms with E-state index in [4.69, 9.17) is 21.0 Å². The highest BCUT2D eigenvalue weighted by Crippen LogP contribution is 2.04. The van der Waals surface area contributed by atoms with Gasteiger partial charge in [0, 0.05) is 12.8 Å². The van der Waals surface area contributed by atoms with Gasteiger partial charge in [-0.05, 0) is 37.1 Å². The van der Waals surface area contributed by atoms with Crippen LogP contribution < -0.4 is 11.5 Å². The predicted octanol–water partition coefficient (Wildman–Crippen LogP) is 0.870. The lowest BCUT2D eigenvalue weighted by molar-refractivity contribution is -0.138. The van der Waals surface area contributed by atoms with Crippen LogP contribution in [-0.4, -0.2) is 35.8 Å². The Bertz CT molecular complexity index is 488. The van der Waals surface area contributed by atoms with Gasteiger partial charge in [-0.15, -0.1) is 0 Å². The first-order valence-corrected chi connectivity index (χ1v) is 6.11. The Morgan fingerprint density at radius 3 is 2.90 bits per heavy atom. The van der Waals surface area contributed by atoms with E-state index < -0.39 is 12.0 Å². The molecule has 1 unspecified atom stereocenters. The van der Waals surface area contributed by atoms with E-state index in [9.17, 15) is 4.79 Å². The monoisotopic (exact) mass is 278 g/mol. The number of aliphatic carboxylic acids is 1. The van der Waals surface area contributed by atoms with Gasteiger partial charge in [-0.2, -0.15) is 0 Å². The molecule has 0 aliphatic heterocycles. The quantitative estimate of drug-likeness (QED) is 0.369. The molecule has 1 aromatic rings. The summed E-state index contributed by atoms with van der Waals surface area (Å²) in [6.07, 6.45) is 7.25. The maximum atomic E-state index is 11.0. The van der Waals surface area contributed by atoms with E-state index in [0.717, 1.165) is 0 Å². The van der Waals surface area contributed by atoms with Crippen LogP contribution in [0.1, 0.15) is 18.6 Å². The Morgan fingerprint density at radius 2 is 2.30 bits per heavy atom. The molecule has 0 fully saturated rings. The summed E-state index contributed by atoms with van der Waals surface area (Å²) in [6.45, 7) is 0.393. The summed E-state index contributed by atoms with van der Waals surface area (Å²) in [6, 6.07) is 2.75. The second-order valence-corrected chi connectivity index (χ2v) is 3.98. The number of carboxylic acids is 1. The molecule has 0 aliphatic carbocycles. The lowest BCUT2D eigenvalue weighted by Gasteiger charge is -2.05. The van der Waals surface area contributed by atoms with Crippen molar-refractivity contribution < 1.29 is 14.3 Å². The number of furan rings is 1. The van der Waals surface area contributed by atoms with Crippen molar-refractivity contribution in [1.82, 2.24) is 0 Å². The fraction of sp³-hybridized carbons (Fsp3) is 0.308. The largest absolute Gasteiger partial charge is 0.480 e. The van der Waals surface area contributed by atoms with Crippen LogP contribution in [0.25, 0.3) is 6.08 Å². The minimum absolute atomic E-state index is 0.00163. The third kappa shape index (κ3) is 6.39. The molecule has 0 saturated carbocycles. The normalized spacial score (nSPS) is 12.8. The van der Waals surface area contributed by atoms with Gasteiger partial charge in [0.15, 0.2) is 5.96 Å². The number of hydrogen-bond acceptors (Lipinski definition) is 4. The predicted molar refractivity (Wildman–Crippen MR) is 77.6 cm³/mol. The van der Waals surface area contributed by atoms with E-state index in [2.05, 4.69) is 9.98 Å². The Morgan fingerprint density at radius 1 is 1.50 bits per heavy atom. The van der Waals surface area contributed by atoms with Gasteiger partial charge in [-0.1, -0.05) is 0 Å². The SMILES string of the molecule is NC(N)=NCCCC(N=C/C=C/c1ccco1)C(=O)O. The molecule has 0 amide bonds. The summed E-state index contributed by atoms with van der Waals surface area (Å²) in [7, 11) is 0. The molecule has 0 aliphatic rings. The van der Waals surface area contributed by atoms with Crippen LogP contribution >= 0.6 is 0 Å². The molecule has 0 radical (unpaired) electrons. The minimum atomic E-state index is -0.975. The maximum Gasteiger partial charge on any atom is 0.328 e. The van der Waals surface area contributed by atoms with Crippen LogP contribution in [0.15, 0.2) is 38.9 Å². The van der Waals surface area contributed by atoms with E-state index in [1.807, 2.05) is 0 Å². The third-order valence-electron chi connectivity index (χ3n) is 2.37. The van der Waals surface area contributed by atoms with Crippen molar-refractivity contribution in [3.8, 4) is 0 Å². The molecule has 0 aromatic carbocycles. The van der Waals surface area contributed by atoms with Crippen LogP contribution in [0.4, 0.5) is 0 Å². The highest BCUT2D eigenvalue weighted by Gasteiger charge is 2.13. The van der Waals surface area contributed by atoms with Crippen LogP contribution in [0.5, 0.6) is 0 Å². The number of aliphatic imine (C=N–C) groups is 2. The number of nitrogens with zero attached hydrogens (tertiary/aromatic N) is 2. The van der Waals surface area contributed by atoms with Gasteiger partial charge in [0.25, 0.3) is 0 Å². The standard InChI is InChI=1S/C13H18N4O3/c14-13(15)17-8-2-6-11(12(18)19)16-7-1-4-10-5-3-9-20-10/h1,3-5,7,9,11H,2,6,8H2,(H,18,19)(H4,14,15,17)/b4-1+,16-7?. The molecule has 108 valence electrons. The van der Waals surface area contributed by atoms with E-state index in [1.165, 1.54) is 6.21 Å². The van der Waals surface area contributed by atoms with Gasteiger partial charge in [0.2, 0.25) is 0 Å². The minimum Gasteiger partial charge on any atom is -0.480 e. The first kappa shape index (κ1) is 15.5. The Labute approximate surface area is 116 Å². The van der Waals surface area contributed by atoms with Crippen LogP contribution in [0, 0.1) is 0 Å². The number of carbonyl (C=O) groups is 1. The Kier molecular flexibility index (Phi) is 6.60. The van der Waals surface area contributed by atoms with Gasteiger partial charge in [-0.25, -0.2) is 4.79 Å². The van der Waals surface area contributed by atoms with Crippen molar-refractivity contribution >= 4 is 24.2 Å². The summed E-state index contributed by atoms with van der Waals surface area (Å²) < 4.78 is 5.09. The first-order chi connectivity index (χ1) is 9.59. The Balaban J connectivity index is 2.42. The van der Waals surface area contributed by atoms with Crippen LogP contribution in [-0.2, 0) is 4.79 Å². The van der Waals surface area contributed by atoms with E-state index in [0.29, 0.717) is 25.1 Å². The highest BCUT2D eigenvalue weighted by atomic mass is 16.4. The summed E-state index contributed by atoms with van der Waals surface area (Å²) in [5.74, 6) is -0.296. The van der Waals surface area contributed by atoms with E-state index >= 15 is 0 Å². The third-order valence-corrected chi connectivity index (χ3v) is 2.37. The molecule has 1 aromatic heterocycles. The topological polar surface area (TPSA) is 127 Å². The van der Waals surface area contributed by atoms with Gasteiger partial charge in [0.05, 0.1) is 6.26 Å². The Hall–Kier alpha value is -2.57. The average molecular weight is 278 g/mol. The molecule has 7 nitrogen and oxygen atoms in total. The number of carboxylic acid groups (broad SMARTS) is 1. The summed E-state index contributed by atoms with van der Waals surface area (Å²) in [5, 5.41) is 9.02. The lowest BCUT2D eigenvalue weighted by Crippen LogP contribution is -2.23. The molecular formula is C13H18N4O3. The zero-order chi connectivity index (χ0) is 14.8. The average Bonchev–Trinajstić information content (AvgIpc) is 2.89. The van der Waals surface area contributed by atoms with E-state index in [1.54, 1.807) is 30.5 Å². The molecular weight excluding hydrogens is 260 g/mol. The molecule has 1 heterocycles. The molecule has 0 bridgehead atoms. The van der Waals surface area contributed by atoms with E-state index in [-0.39, 0.29) is 5.96 Å². The molecule has 1 atom stereocenters. The van der Waals surface area contributed by atoms with Crippen molar-refractivity contribution in [2.75, 3.05) is 6.54 Å². The number of allylic oxidation sites excluding steroid dienone is 1. The second-order valence-electron chi connectivity index (χ2n) is 3.98. The van der Waals surface area contributed by atoms with Crippen molar-refractivity contribution in [3.63, 3.8) is 0 Å². The van der Waals surface area contributed by atoms with Crippen molar-refractivity contribution in [3.05, 3.63) is 30.2 Å². The highest BCUT2D eigenvalue weighted by molar-refractivity contribution is 5.81. The maximum absolute atomic E-state index is 11.0. The van der Waals surface area contributed by atoms with Gasteiger partial charge in [-0.3, -0.25) is 9.98 Å². The van der Waals surface area contributed by atoms with Gasteiger partial charge < -0.3 is 21.0 Å². The number of nitrogens with two attached hydrogens (primary N) is 2. The second kappa shape index (κ2) is 8.52. The molecule has 20 heavy (non-hydrogen) atoms. The fourth-order valence-corrected chi connectivity index (χ4v) is 1.43. The smallest absolute Gasteiger partial charge is 0.328 e. The summed E-state index contributed by atoms with van der Waals surface area (Å²) in [4.78, 5) is 18.8. The molecule has 0 saturated heterocycles. The summed E-state index contributed by atoms with van der Waals surface area (Å²) in [5.41, 5.74) is 10.4. The number of rotatable bonds is 8. The van der Waals surface area contributed by atoms with Crippen molar-refractivity contribution in [2.45, 2.75) is 18.9 Å². The van der Waals surface area contributed by atoms with Gasteiger partial charge >= 0.3 is 5.97 Å². The zero-order valence-corrected chi connectivity index (χ0v) is 11.0. The molecule has 7 heteroatoms.